The predicted molar refractivity (Wildman–Crippen MR) is 79.8 cm³/mol. The Morgan fingerprint density at radius 3 is 2.45 bits per heavy atom. The van der Waals surface area contributed by atoms with Crippen LogP contribution in [0.2, 0.25) is 10.0 Å². The Morgan fingerprint density at radius 1 is 1.15 bits per heavy atom. The zero-order valence-corrected chi connectivity index (χ0v) is 12.4. The van der Waals surface area contributed by atoms with Crippen LogP contribution in [0.25, 0.3) is 0 Å². The zero-order valence-electron chi connectivity index (χ0n) is 10.9. The molecule has 2 nitrogen and oxygen atoms in total. The monoisotopic (exact) mass is 313 g/mol. The van der Waals surface area contributed by atoms with Crippen LogP contribution in [0.4, 0.5) is 4.39 Å². The molecule has 2 aromatic rings. The Labute approximate surface area is 127 Å². The van der Waals surface area contributed by atoms with Gasteiger partial charge >= 0.3 is 0 Å². The van der Waals surface area contributed by atoms with Crippen LogP contribution in [-0.2, 0) is 6.61 Å². The Morgan fingerprint density at radius 2 is 1.80 bits per heavy atom. The first-order chi connectivity index (χ1) is 9.47. The fraction of sp³-hybridized carbons (Fsp3) is 0.200. The Kier molecular flexibility index (Phi) is 4.86. The standard InChI is InChI=1S/C15H14Cl2FNO/c1-9(19)13-6-11(16)4-5-15(13)20-8-10-2-3-12(17)7-14(10)18/h2-7,9H,8,19H2,1H3/t9-/m0/s1. The summed E-state index contributed by atoms with van der Waals surface area (Å²) in [4.78, 5) is 0. The number of hydrogen-bond acceptors (Lipinski definition) is 2. The topological polar surface area (TPSA) is 35.2 Å². The van der Waals surface area contributed by atoms with Crippen LogP contribution in [0.5, 0.6) is 5.75 Å². The lowest BCUT2D eigenvalue weighted by Gasteiger charge is -2.14. The van der Waals surface area contributed by atoms with Crippen molar-refractivity contribution in [2.75, 3.05) is 0 Å². The van der Waals surface area contributed by atoms with E-state index in [1.807, 2.05) is 6.92 Å². The summed E-state index contributed by atoms with van der Waals surface area (Å²) in [6.45, 7) is 1.94. The molecule has 2 aromatic carbocycles. The summed E-state index contributed by atoms with van der Waals surface area (Å²) in [5, 5.41) is 0.941. The van der Waals surface area contributed by atoms with Crippen molar-refractivity contribution in [3.8, 4) is 5.75 Å². The summed E-state index contributed by atoms with van der Waals surface area (Å²) in [6, 6.07) is 9.44. The van der Waals surface area contributed by atoms with Crippen LogP contribution in [-0.4, -0.2) is 0 Å². The van der Waals surface area contributed by atoms with Gasteiger partial charge in [0.05, 0.1) is 0 Å². The molecule has 20 heavy (non-hydrogen) atoms. The van der Waals surface area contributed by atoms with E-state index < -0.39 is 5.82 Å². The van der Waals surface area contributed by atoms with Crippen LogP contribution < -0.4 is 10.5 Å². The third-order valence-electron chi connectivity index (χ3n) is 2.86. The lowest BCUT2D eigenvalue weighted by Crippen LogP contribution is -2.08. The Bertz CT molecular complexity index is 617. The molecule has 2 rings (SSSR count). The minimum absolute atomic E-state index is 0.102. The molecule has 2 N–H and O–H groups in total. The molecule has 1 atom stereocenters. The summed E-state index contributed by atoms with van der Waals surface area (Å²) >= 11 is 11.6. The SMILES string of the molecule is C[C@H](N)c1cc(Cl)ccc1OCc1ccc(Cl)cc1F. The molecule has 0 aromatic heterocycles. The summed E-state index contributed by atoms with van der Waals surface area (Å²) in [6.07, 6.45) is 0. The molecule has 5 heteroatoms. The fourth-order valence-corrected chi connectivity index (χ4v) is 2.14. The molecule has 0 saturated heterocycles. The molecular formula is C15H14Cl2FNO. The summed E-state index contributed by atoms with van der Waals surface area (Å²) in [5.74, 6) is 0.201. The Balaban J connectivity index is 2.18. The molecule has 0 unspecified atom stereocenters. The molecule has 0 bridgehead atoms. The van der Waals surface area contributed by atoms with Crippen molar-refractivity contribution in [3.63, 3.8) is 0 Å². The van der Waals surface area contributed by atoms with Crippen molar-refractivity contribution in [2.45, 2.75) is 19.6 Å². The van der Waals surface area contributed by atoms with E-state index in [0.717, 1.165) is 5.56 Å². The third kappa shape index (κ3) is 3.63. The zero-order chi connectivity index (χ0) is 14.7. The van der Waals surface area contributed by atoms with Gasteiger partial charge in [0.1, 0.15) is 18.2 Å². The molecule has 0 saturated carbocycles. The fourth-order valence-electron chi connectivity index (χ4n) is 1.80. The maximum Gasteiger partial charge on any atom is 0.131 e. The first kappa shape index (κ1) is 15.1. The average Bonchev–Trinajstić information content (AvgIpc) is 2.38. The molecule has 0 radical (unpaired) electrons. The molecule has 0 heterocycles. The number of benzene rings is 2. The van der Waals surface area contributed by atoms with Gasteiger partial charge in [-0.3, -0.25) is 0 Å². The largest absolute Gasteiger partial charge is 0.488 e. The van der Waals surface area contributed by atoms with Gasteiger partial charge in [-0.2, -0.15) is 0 Å². The van der Waals surface area contributed by atoms with Crippen LogP contribution in [0, 0.1) is 5.82 Å². The molecule has 0 spiro atoms. The van der Waals surface area contributed by atoms with E-state index in [0.29, 0.717) is 21.4 Å². The van der Waals surface area contributed by atoms with Crippen molar-refractivity contribution in [1.82, 2.24) is 0 Å². The van der Waals surface area contributed by atoms with Crippen molar-refractivity contribution >= 4 is 23.2 Å². The summed E-state index contributed by atoms with van der Waals surface area (Å²) < 4.78 is 19.3. The second kappa shape index (κ2) is 6.44. The first-order valence-corrected chi connectivity index (χ1v) is 6.84. The predicted octanol–water partition coefficient (Wildman–Crippen LogP) is 4.73. The maximum atomic E-state index is 13.7. The highest BCUT2D eigenvalue weighted by molar-refractivity contribution is 6.30. The lowest BCUT2D eigenvalue weighted by atomic mass is 10.1. The number of nitrogens with two attached hydrogens (primary N) is 1. The van der Waals surface area contributed by atoms with Gasteiger partial charge < -0.3 is 10.5 Å². The lowest BCUT2D eigenvalue weighted by molar-refractivity contribution is 0.295. The number of halogens is 3. The van der Waals surface area contributed by atoms with E-state index in [2.05, 4.69) is 0 Å². The molecule has 0 fully saturated rings. The normalized spacial score (nSPS) is 12.2. The van der Waals surface area contributed by atoms with E-state index in [4.69, 9.17) is 33.7 Å². The highest BCUT2D eigenvalue weighted by Crippen LogP contribution is 2.28. The minimum atomic E-state index is -0.395. The van der Waals surface area contributed by atoms with Crippen LogP contribution >= 0.6 is 23.2 Å². The number of rotatable bonds is 4. The quantitative estimate of drug-likeness (QED) is 0.885. The Hall–Kier alpha value is -1.29. The van der Waals surface area contributed by atoms with E-state index in [9.17, 15) is 4.39 Å². The molecule has 0 amide bonds. The van der Waals surface area contributed by atoms with Crippen molar-refractivity contribution < 1.29 is 9.13 Å². The van der Waals surface area contributed by atoms with Gasteiger partial charge in [-0.05, 0) is 37.3 Å². The molecule has 0 aliphatic heterocycles. The van der Waals surface area contributed by atoms with Gasteiger partial charge in [0.2, 0.25) is 0 Å². The van der Waals surface area contributed by atoms with Gasteiger partial charge in [-0.25, -0.2) is 4.39 Å². The molecule has 0 aliphatic carbocycles. The second-order valence-corrected chi connectivity index (χ2v) is 5.37. The van der Waals surface area contributed by atoms with Crippen molar-refractivity contribution in [1.29, 1.82) is 0 Å². The van der Waals surface area contributed by atoms with E-state index in [1.54, 1.807) is 30.3 Å². The smallest absolute Gasteiger partial charge is 0.131 e. The summed E-state index contributed by atoms with van der Waals surface area (Å²) in [7, 11) is 0. The number of ether oxygens (including phenoxy) is 1. The second-order valence-electron chi connectivity index (χ2n) is 4.50. The summed E-state index contributed by atoms with van der Waals surface area (Å²) in [5.41, 5.74) is 7.09. The van der Waals surface area contributed by atoms with Gasteiger partial charge in [0.25, 0.3) is 0 Å². The molecular weight excluding hydrogens is 300 g/mol. The van der Waals surface area contributed by atoms with Gasteiger partial charge in [-0.15, -0.1) is 0 Å². The van der Waals surface area contributed by atoms with Crippen LogP contribution in [0.1, 0.15) is 24.1 Å². The highest BCUT2D eigenvalue weighted by atomic mass is 35.5. The van der Waals surface area contributed by atoms with E-state index in [1.165, 1.54) is 6.07 Å². The average molecular weight is 314 g/mol. The van der Waals surface area contributed by atoms with Crippen LogP contribution in [0.15, 0.2) is 36.4 Å². The molecule has 106 valence electrons. The third-order valence-corrected chi connectivity index (χ3v) is 3.33. The van der Waals surface area contributed by atoms with Crippen LogP contribution in [0.3, 0.4) is 0 Å². The first-order valence-electron chi connectivity index (χ1n) is 6.09. The molecule has 0 aliphatic rings. The van der Waals surface area contributed by atoms with E-state index >= 15 is 0 Å². The van der Waals surface area contributed by atoms with Crippen molar-refractivity contribution in [3.05, 3.63) is 63.4 Å². The van der Waals surface area contributed by atoms with E-state index in [-0.39, 0.29) is 12.6 Å². The van der Waals surface area contributed by atoms with Gasteiger partial charge in [0.15, 0.2) is 0 Å². The minimum Gasteiger partial charge on any atom is -0.488 e. The highest BCUT2D eigenvalue weighted by Gasteiger charge is 2.10. The van der Waals surface area contributed by atoms with Gasteiger partial charge in [-0.1, -0.05) is 29.3 Å². The maximum absolute atomic E-state index is 13.7. The van der Waals surface area contributed by atoms with Crippen molar-refractivity contribution in [2.24, 2.45) is 5.73 Å². The van der Waals surface area contributed by atoms with Gasteiger partial charge in [0, 0.05) is 27.2 Å². The number of hydrogen-bond donors (Lipinski definition) is 1.